The number of nitrogens with zero attached hydrogens (tertiary/aromatic N) is 3. The van der Waals surface area contributed by atoms with E-state index in [-0.39, 0.29) is 17.6 Å². The van der Waals surface area contributed by atoms with Crippen LogP contribution in [0.2, 0.25) is 5.15 Å². The molecule has 0 aliphatic carbocycles. The van der Waals surface area contributed by atoms with E-state index in [1.54, 1.807) is 11.9 Å². The summed E-state index contributed by atoms with van der Waals surface area (Å²) in [6.07, 6.45) is 1.31. The summed E-state index contributed by atoms with van der Waals surface area (Å²) in [5, 5.41) is 3.08. The lowest BCUT2D eigenvalue weighted by molar-refractivity contribution is -0.127. The number of amides is 1. The molecule has 6 nitrogen and oxygen atoms in total. The highest BCUT2D eigenvalue weighted by molar-refractivity contribution is 6.31. The van der Waals surface area contributed by atoms with Crippen molar-refractivity contribution in [3.05, 3.63) is 11.5 Å². The predicted octanol–water partition coefficient (Wildman–Crippen LogP) is 1.03. The van der Waals surface area contributed by atoms with Gasteiger partial charge in [-0.05, 0) is 6.92 Å². The van der Waals surface area contributed by atoms with E-state index in [1.807, 2.05) is 6.92 Å². The number of anilines is 1. The molecule has 0 fully saturated rings. The zero-order valence-corrected chi connectivity index (χ0v) is 10.8. The Morgan fingerprint density at radius 1 is 1.59 bits per heavy atom. The molecule has 0 atom stereocenters. The summed E-state index contributed by atoms with van der Waals surface area (Å²) >= 11 is 5.82. The van der Waals surface area contributed by atoms with Crippen LogP contribution in [0.4, 0.5) is 5.82 Å². The van der Waals surface area contributed by atoms with Gasteiger partial charge in [0.05, 0.1) is 13.7 Å². The number of nitrogens with one attached hydrogen (secondary N) is 1. The quantitative estimate of drug-likeness (QED) is 0.799. The van der Waals surface area contributed by atoms with E-state index in [9.17, 15) is 4.79 Å². The number of ether oxygens (including phenoxy) is 1. The van der Waals surface area contributed by atoms with Crippen molar-refractivity contribution in [3.63, 3.8) is 0 Å². The summed E-state index contributed by atoms with van der Waals surface area (Å²) in [5.41, 5.74) is 0. The fraction of sp³-hybridized carbons (Fsp3) is 0.500. The van der Waals surface area contributed by atoms with Gasteiger partial charge in [-0.15, -0.1) is 0 Å². The van der Waals surface area contributed by atoms with Gasteiger partial charge in [0.1, 0.15) is 6.33 Å². The largest absolute Gasteiger partial charge is 0.490 e. The van der Waals surface area contributed by atoms with Crippen molar-refractivity contribution < 1.29 is 9.53 Å². The smallest absolute Gasteiger partial charge is 0.241 e. The Morgan fingerprint density at radius 3 is 2.88 bits per heavy atom. The summed E-state index contributed by atoms with van der Waals surface area (Å²) < 4.78 is 5.05. The molecule has 1 aromatic rings. The van der Waals surface area contributed by atoms with Crippen molar-refractivity contribution in [1.82, 2.24) is 14.9 Å². The standard InChI is InChI=1S/C10H15ClN4O2/c1-4-15(2)7(16)5-12-10-8(17-3)9(11)13-6-14-10/h6H,4-5H2,1-3H3,(H,12,13,14). The molecule has 0 aromatic carbocycles. The van der Waals surface area contributed by atoms with Crippen LogP contribution in [0.5, 0.6) is 5.75 Å². The highest BCUT2D eigenvalue weighted by atomic mass is 35.5. The second kappa shape index (κ2) is 6.24. The van der Waals surface area contributed by atoms with E-state index in [0.717, 1.165) is 0 Å². The molecule has 0 saturated heterocycles. The van der Waals surface area contributed by atoms with Crippen molar-refractivity contribution in [3.8, 4) is 5.75 Å². The molecule has 1 rings (SSSR count). The number of likely N-dealkylation sites (N-methyl/N-ethyl adjacent to an activating group) is 1. The number of hydrogen-bond donors (Lipinski definition) is 1. The van der Waals surface area contributed by atoms with E-state index in [4.69, 9.17) is 16.3 Å². The normalized spacial score (nSPS) is 9.88. The third kappa shape index (κ3) is 3.45. The van der Waals surface area contributed by atoms with Crippen LogP contribution in [0.3, 0.4) is 0 Å². The first-order valence-electron chi connectivity index (χ1n) is 5.12. The van der Waals surface area contributed by atoms with Crippen molar-refractivity contribution in [2.75, 3.05) is 32.6 Å². The fourth-order valence-electron chi connectivity index (χ4n) is 1.13. The van der Waals surface area contributed by atoms with Gasteiger partial charge < -0.3 is 15.0 Å². The van der Waals surface area contributed by atoms with Gasteiger partial charge in [-0.25, -0.2) is 9.97 Å². The average molecular weight is 259 g/mol. The van der Waals surface area contributed by atoms with Crippen molar-refractivity contribution in [2.24, 2.45) is 0 Å². The van der Waals surface area contributed by atoms with Crippen molar-refractivity contribution in [2.45, 2.75) is 6.92 Å². The van der Waals surface area contributed by atoms with Crippen LogP contribution in [0.15, 0.2) is 6.33 Å². The molecule has 17 heavy (non-hydrogen) atoms. The highest BCUT2D eigenvalue weighted by Crippen LogP contribution is 2.27. The maximum Gasteiger partial charge on any atom is 0.241 e. The molecule has 1 amide bonds. The zero-order chi connectivity index (χ0) is 12.8. The molecule has 0 saturated carbocycles. The van der Waals surface area contributed by atoms with Crippen LogP contribution in [0.25, 0.3) is 0 Å². The van der Waals surface area contributed by atoms with Crippen LogP contribution in [-0.4, -0.2) is 48.0 Å². The number of carbonyl (C=O) groups is 1. The Labute approximate surface area is 105 Å². The molecule has 0 bridgehead atoms. The lowest BCUT2D eigenvalue weighted by atomic mass is 10.4. The van der Waals surface area contributed by atoms with E-state index >= 15 is 0 Å². The first-order valence-corrected chi connectivity index (χ1v) is 5.50. The third-order valence-corrected chi connectivity index (χ3v) is 2.54. The zero-order valence-electron chi connectivity index (χ0n) is 10.0. The summed E-state index contributed by atoms with van der Waals surface area (Å²) in [6.45, 7) is 2.69. The first-order chi connectivity index (χ1) is 8.10. The first kappa shape index (κ1) is 13.5. The molecular formula is C10H15ClN4O2. The van der Waals surface area contributed by atoms with Gasteiger partial charge >= 0.3 is 0 Å². The summed E-state index contributed by atoms with van der Waals surface area (Å²) in [6, 6.07) is 0. The molecule has 1 aromatic heterocycles. The maximum atomic E-state index is 11.6. The molecule has 0 unspecified atom stereocenters. The Hall–Kier alpha value is -1.56. The van der Waals surface area contributed by atoms with Crippen LogP contribution in [0.1, 0.15) is 6.92 Å². The van der Waals surface area contributed by atoms with Gasteiger partial charge in [0.15, 0.2) is 16.7 Å². The molecule has 94 valence electrons. The minimum absolute atomic E-state index is 0.0377. The van der Waals surface area contributed by atoms with Crippen molar-refractivity contribution in [1.29, 1.82) is 0 Å². The molecule has 0 aliphatic rings. The van der Waals surface area contributed by atoms with Crippen LogP contribution in [0, 0.1) is 0 Å². The number of hydrogen-bond acceptors (Lipinski definition) is 5. The molecular weight excluding hydrogens is 244 g/mol. The predicted molar refractivity (Wildman–Crippen MR) is 65.4 cm³/mol. The van der Waals surface area contributed by atoms with Gasteiger partial charge in [0.2, 0.25) is 5.91 Å². The van der Waals surface area contributed by atoms with Gasteiger partial charge in [-0.2, -0.15) is 0 Å². The Kier molecular flexibility index (Phi) is 4.96. The molecule has 0 aliphatic heterocycles. The van der Waals surface area contributed by atoms with E-state index in [1.165, 1.54) is 13.4 Å². The van der Waals surface area contributed by atoms with Crippen LogP contribution in [-0.2, 0) is 4.79 Å². The molecule has 0 spiro atoms. The minimum atomic E-state index is -0.0377. The summed E-state index contributed by atoms with van der Waals surface area (Å²) in [4.78, 5) is 20.9. The van der Waals surface area contributed by atoms with E-state index < -0.39 is 0 Å². The van der Waals surface area contributed by atoms with Gasteiger partial charge in [0.25, 0.3) is 0 Å². The van der Waals surface area contributed by atoms with Gasteiger partial charge in [-0.1, -0.05) is 11.6 Å². The maximum absolute atomic E-state index is 11.6. The third-order valence-electron chi connectivity index (χ3n) is 2.27. The number of methoxy groups -OCH3 is 1. The number of halogens is 1. The second-order valence-electron chi connectivity index (χ2n) is 3.31. The Morgan fingerprint density at radius 2 is 2.29 bits per heavy atom. The number of carbonyl (C=O) groups excluding carboxylic acids is 1. The molecule has 7 heteroatoms. The fourth-order valence-corrected chi connectivity index (χ4v) is 1.34. The highest BCUT2D eigenvalue weighted by Gasteiger charge is 2.12. The van der Waals surface area contributed by atoms with Crippen LogP contribution < -0.4 is 10.1 Å². The van der Waals surface area contributed by atoms with E-state index in [0.29, 0.717) is 18.1 Å². The SMILES string of the molecule is CCN(C)C(=O)CNc1ncnc(Cl)c1OC. The van der Waals surface area contributed by atoms with E-state index in [2.05, 4.69) is 15.3 Å². The molecule has 1 N–H and O–H groups in total. The van der Waals surface area contributed by atoms with Gasteiger partial charge in [-0.3, -0.25) is 4.79 Å². The summed E-state index contributed by atoms with van der Waals surface area (Å²) in [5.74, 6) is 0.704. The monoisotopic (exact) mass is 258 g/mol. The lowest BCUT2D eigenvalue weighted by Crippen LogP contribution is -2.32. The van der Waals surface area contributed by atoms with Gasteiger partial charge in [0, 0.05) is 13.6 Å². The lowest BCUT2D eigenvalue weighted by Gasteiger charge is -2.15. The summed E-state index contributed by atoms with van der Waals surface area (Å²) in [7, 11) is 3.20. The minimum Gasteiger partial charge on any atom is -0.490 e. The second-order valence-corrected chi connectivity index (χ2v) is 3.67. The topological polar surface area (TPSA) is 67.4 Å². The Bertz CT molecular complexity index is 400. The van der Waals surface area contributed by atoms with Crippen molar-refractivity contribution >= 4 is 23.3 Å². The number of aromatic nitrogens is 2. The number of rotatable bonds is 5. The molecule has 1 heterocycles. The Balaban J connectivity index is 2.69. The molecule has 0 radical (unpaired) electrons. The average Bonchev–Trinajstić information content (AvgIpc) is 2.34. The van der Waals surface area contributed by atoms with Crippen LogP contribution >= 0.6 is 11.6 Å².